The van der Waals surface area contributed by atoms with Gasteiger partial charge in [-0.05, 0) is 50.3 Å². The zero-order valence-electron chi connectivity index (χ0n) is 17.5. The highest BCUT2D eigenvalue weighted by molar-refractivity contribution is 9.10. The molecule has 31 heavy (non-hydrogen) atoms. The van der Waals surface area contributed by atoms with Crippen LogP contribution < -0.4 is 5.56 Å². The molecule has 2 aliphatic rings. The van der Waals surface area contributed by atoms with Crippen LogP contribution in [0.1, 0.15) is 35.6 Å². The molecule has 5 rings (SSSR count). The van der Waals surface area contributed by atoms with Gasteiger partial charge in [0.2, 0.25) is 0 Å². The fourth-order valence-electron chi connectivity index (χ4n) is 4.56. The number of cyclic esters (lactones) is 1. The highest BCUT2D eigenvalue weighted by Gasteiger charge is 2.45. The molecule has 0 fully saturated rings. The van der Waals surface area contributed by atoms with Gasteiger partial charge in [-0.1, -0.05) is 22.9 Å². The van der Waals surface area contributed by atoms with E-state index in [0.717, 1.165) is 33.0 Å². The van der Waals surface area contributed by atoms with Crippen LogP contribution in [0.2, 0.25) is 0 Å². The first-order valence-corrected chi connectivity index (χ1v) is 11.0. The fraction of sp³-hybridized carbons (Fsp3) is 0.348. The molecule has 1 N–H and O–H groups in total. The molecular formula is C23H22BrN3O4. The Hall–Kier alpha value is -2.55. The highest BCUT2D eigenvalue weighted by Crippen LogP contribution is 2.39. The van der Waals surface area contributed by atoms with E-state index < -0.39 is 11.6 Å². The van der Waals surface area contributed by atoms with Gasteiger partial charge >= 0.3 is 5.97 Å². The van der Waals surface area contributed by atoms with Crippen LogP contribution in [0, 0.1) is 0 Å². The standard InChI is InChI=1S/C23H22BrN3O4/c1-4-23(30)16-8-19-20-12(9-27(19)21(28)15(16)11-31-22(23)29)7-13-14(10-26(2)3)17(24)5-6-18(13)25-20/h5-8,30H,4,9-11H2,1-3H3. The number of hydrogen-bond donors (Lipinski definition) is 1. The van der Waals surface area contributed by atoms with Gasteiger partial charge in [-0.2, -0.15) is 0 Å². The second-order valence-electron chi connectivity index (χ2n) is 8.43. The summed E-state index contributed by atoms with van der Waals surface area (Å²) in [5.41, 5.74) is 2.86. The summed E-state index contributed by atoms with van der Waals surface area (Å²) in [6.45, 7) is 2.72. The van der Waals surface area contributed by atoms with Crippen LogP contribution in [0.5, 0.6) is 0 Å². The van der Waals surface area contributed by atoms with Crippen LogP contribution in [-0.4, -0.2) is 39.6 Å². The lowest BCUT2D eigenvalue weighted by Gasteiger charge is -2.31. The third kappa shape index (κ3) is 2.89. The maximum absolute atomic E-state index is 13.3. The molecule has 3 aromatic rings. The number of aromatic nitrogens is 2. The molecule has 0 amide bonds. The number of carbonyl (C=O) groups excluding carboxylic acids is 1. The van der Waals surface area contributed by atoms with Crippen LogP contribution in [-0.2, 0) is 34.8 Å². The summed E-state index contributed by atoms with van der Waals surface area (Å²) in [7, 11) is 4.04. The summed E-state index contributed by atoms with van der Waals surface area (Å²) < 4.78 is 7.80. The second kappa shape index (κ2) is 6.98. The molecular weight excluding hydrogens is 462 g/mol. The molecule has 8 heteroatoms. The maximum Gasteiger partial charge on any atom is 0.343 e. The Morgan fingerprint density at radius 3 is 2.77 bits per heavy atom. The lowest BCUT2D eigenvalue weighted by molar-refractivity contribution is -0.172. The molecule has 2 aliphatic heterocycles. The maximum atomic E-state index is 13.3. The van der Waals surface area contributed by atoms with Crippen LogP contribution in [0.25, 0.3) is 22.3 Å². The minimum absolute atomic E-state index is 0.124. The lowest BCUT2D eigenvalue weighted by Crippen LogP contribution is -2.44. The van der Waals surface area contributed by atoms with Crippen molar-refractivity contribution < 1.29 is 14.6 Å². The molecule has 0 spiro atoms. The summed E-state index contributed by atoms with van der Waals surface area (Å²) in [4.78, 5) is 32.5. The quantitative estimate of drug-likeness (QED) is 0.451. The molecule has 1 aromatic carbocycles. The number of hydrogen-bond acceptors (Lipinski definition) is 6. The van der Waals surface area contributed by atoms with E-state index in [4.69, 9.17) is 9.72 Å². The smallest absolute Gasteiger partial charge is 0.343 e. The number of aliphatic hydroxyl groups is 1. The minimum atomic E-state index is -1.81. The summed E-state index contributed by atoms with van der Waals surface area (Å²) in [6.07, 6.45) is 0.127. The number of benzene rings is 1. The summed E-state index contributed by atoms with van der Waals surface area (Å²) >= 11 is 3.65. The number of nitrogens with zero attached hydrogens (tertiary/aromatic N) is 3. The van der Waals surface area contributed by atoms with Gasteiger partial charge in [0.1, 0.15) is 6.61 Å². The lowest BCUT2D eigenvalue weighted by atomic mass is 9.86. The Kier molecular flexibility index (Phi) is 4.58. The predicted molar refractivity (Wildman–Crippen MR) is 120 cm³/mol. The summed E-state index contributed by atoms with van der Waals surface area (Å²) in [6, 6.07) is 7.78. The van der Waals surface area contributed by atoms with Crippen molar-refractivity contribution in [3.8, 4) is 11.4 Å². The van der Waals surface area contributed by atoms with Crippen molar-refractivity contribution >= 4 is 32.8 Å². The largest absolute Gasteiger partial charge is 0.458 e. The van der Waals surface area contributed by atoms with Crippen molar-refractivity contribution in [3.63, 3.8) is 0 Å². The molecule has 1 atom stereocenters. The molecule has 0 saturated carbocycles. The van der Waals surface area contributed by atoms with Crippen LogP contribution >= 0.6 is 15.9 Å². The van der Waals surface area contributed by atoms with Crippen LogP contribution in [0.15, 0.2) is 33.5 Å². The van der Waals surface area contributed by atoms with Gasteiger partial charge in [0.15, 0.2) is 5.60 Å². The molecule has 0 saturated heterocycles. The van der Waals surface area contributed by atoms with Crippen molar-refractivity contribution in [2.45, 2.75) is 38.6 Å². The monoisotopic (exact) mass is 483 g/mol. The third-order valence-electron chi connectivity index (χ3n) is 6.22. The average molecular weight is 484 g/mol. The molecule has 7 nitrogen and oxygen atoms in total. The van der Waals surface area contributed by atoms with Gasteiger partial charge in [0, 0.05) is 27.5 Å². The summed E-state index contributed by atoms with van der Waals surface area (Å²) in [5, 5.41) is 12.0. The van der Waals surface area contributed by atoms with Crippen molar-refractivity contribution in [2.24, 2.45) is 0 Å². The van der Waals surface area contributed by atoms with E-state index >= 15 is 0 Å². The number of pyridine rings is 2. The van der Waals surface area contributed by atoms with Gasteiger partial charge in [-0.15, -0.1) is 0 Å². The Bertz CT molecular complexity index is 1330. The van der Waals surface area contributed by atoms with Crippen LogP contribution in [0.4, 0.5) is 0 Å². The molecule has 0 radical (unpaired) electrons. The second-order valence-corrected chi connectivity index (χ2v) is 9.28. The number of carbonyl (C=O) groups is 1. The van der Waals surface area contributed by atoms with E-state index in [2.05, 4.69) is 26.9 Å². The fourth-order valence-corrected chi connectivity index (χ4v) is 5.03. The first-order chi connectivity index (χ1) is 14.7. The van der Waals surface area contributed by atoms with E-state index in [1.807, 2.05) is 26.2 Å². The molecule has 4 heterocycles. The Labute approximate surface area is 187 Å². The van der Waals surface area contributed by atoms with Gasteiger partial charge in [-0.25, -0.2) is 9.78 Å². The highest BCUT2D eigenvalue weighted by atomic mass is 79.9. The normalized spacial score (nSPS) is 19.4. The number of halogens is 1. The van der Waals surface area contributed by atoms with E-state index in [1.165, 1.54) is 0 Å². The molecule has 1 unspecified atom stereocenters. The zero-order chi connectivity index (χ0) is 22.1. The average Bonchev–Trinajstić information content (AvgIpc) is 3.10. The predicted octanol–water partition coefficient (Wildman–Crippen LogP) is 2.90. The minimum Gasteiger partial charge on any atom is -0.458 e. The first-order valence-electron chi connectivity index (χ1n) is 10.2. The summed E-state index contributed by atoms with van der Waals surface area (Å²) in [5.74, 6) is -0.713. The third-order valence-corrected chi connectivity index (χ3v) is 6.96. The van der Waals surface area contributed by atoms with E-state index in [1.54, 1.807) is 17.6 Å². The molecule has 0 bridgehead atoms. The van der Waals surface area contributed by atoms with Crippen molar-refractivity contribution in [2.75, 3.05) is 14.1 Å². The van der Waals surface area contributed by atoms with Gasteiger partial charge in [-0.3, -0.25) is 4.79 Å². The Balaban J connectivity index is 1.75. The van der Waals surface area contributed by atoms with Gasteiger partial charge in [0.05, 0.1) is 29.0 Å². The van der Waals surface area contributed by atoms with E-state index in [9.17, 15) is 14.7 Å². The van der Waals surface area contributed by atoms with Crippen molar-refractivity contribution in [1.29, 1.82) is 0 Å². The van der Waals surface area contributed by atoms with Gasteiger partial charge in [0.25, 0.3) is 5.56 Å². The van der Waals surface area contributed by atoms with Crippen LogP contribution in [0.3, 0.4) is 0 Å². The zero-order valence-corrected chi connectivity index (χ0v) is 19.1. The SMILES string of the molecule is CCC1(O)C(=O)OCc2c1cc1n(c2=O)Cc2cc3c(CN(C)C)c(Br)ccc3nc2-1. The molecule has 2 aromatic heterocycles. The number of fused-ring (bicyclic) bond motifs is 5. The van der Waals surface area contributed by atoms with E-state index in [0.29, 0.717) is 29.1 Å². The number of rotatable bonds is 3. The van der Waals surface area contributed by atoms with Crippen molar-refractivity contribution in [3.05, 3.63) is 61.3 Å². The number of esters is 1. The Morgan fingerprint density at radius 2 is 2.06 bits per heavy atom. The molecule has 0 aliphatic carbocycles. The van der Waals surface area contributed by atoms with Crippen molar-refractivity contribution in [1.82, 2.24) is 14.5 Å². The Morgan fingerprint density at radius 1 is 1.29 bits per heavy atom. The number of ether oxygens (including phenoxy) is 1. The van der Waals surface area contributed by atoms with Gasteiger partial charge < -0.3 is 19.3 Å². The molecule has 160 valence electrons. The topological polar surface area (TPSA) is 84.7 Å². The first kappa shape index (κ1) is 20.4. The van der Waals surface area contributed by atoms with E-state index in [-0.39, 0.29) is 18.6 Å².